The molecule has 0 spiro atoms. The van der Waals surface area contributed by atoms with E-state index in [4.69, 9.17) is 9.47 Å². The van der Waals surface area contributed by atoms with Crippen LogP contribution in [0.25, 0.3) is 10.8 Å². The molecule has 2 aromatic rings. The van der Waals surface area contributed by atoms with Crippen LogP contribution >= 0.6 is 15.9 Å². The fraction of sp³-hybridized carbons (Fsp3) is 0.400. The summed E-state index contributed by atoms with van der Waals surface area (Å²) in [5, 5.41) is 2.19. The summed E-state index contributed by atoms with van der Waals surface area (Å²) in [7, 11) is 0. The smallest absolute Gasteiger partial charge is 0.221 e. The molecule has 1 saturated heterocycles. The molecular formula is C15H17BrN2O2. The molecule has 1 aromatic carbocycles. The molecule has 1 aliphatic heterocycles. The summed E-state index contributed by atoms with van der Waals surface area (Å²) in [4.78, 5) is 6.70. The van der Waals surface area contributed by atoms with Crippen molar-refractivity contribution in [2.45, 2.75) is 0 Å². The Balaban J connectivity index is 1.66. The Kier molecular flexibility index (Phi) is 4.50. The maximum atomic E-state index is 5.86. The van der Waals surface area contributed by atoms with Crippen molar-refractivity contribution in [1.29, 1.82) is 0 Å². The van der Waals surface area contributed by atoms with Crippen LogP contribution < -0.4 is 4.74 Å². The van der Waals surface area contributed by atoms with Crippen LogP contribution in [0.15, 0.2) is 34.9 Å². The van der Waals surface area contributed by atoms with Crippen LogP contribution in [-0.2, 0) is 4.74 Å². The number of hydrogen-bond acceptors (Lipinski definition) is 4. The van der Waals surface area contributed by atoms with Crippen LogP contribution in [0.4, 0.5) is 0 Å². The third kappa shape index (κ3) is 3.29. The molecule has 0 N–H and O–H groups in total. The van der Waals surface area contributed by atoms with Crippen LogP contribution in [0.3, 0.4) is 0 Å². The Morgan fingerprint density at radius 2 is 2.10 bits per heavy atom. The van der Waals surface area contributed by atoms with Crippen LogP contribution in [0, 0.1) is 0 Å². The largest absolute Gasteiger partial charge is 0.476 e. The van der Waals surface area contributed by atoms with Gasteiger partial charge < -0.3 is 9.47 Å². The lowest BCUT2D eigenvalue weighted by Crippen LogP contribution is -2.38. The van der Waals surface area contributed by atoms with E-state index < -0.39 is 0 Å². The van der Waals surface area contributed by atoms with Crippen LogP contribution in [0.5, 0.6) is 5.88 Å². The van der Waals surface area contributed by atoms with Crippen molar-refractivity contribution in [1.82, 2.24) is 9.88 Å². The first-order chi connectivity index (χ1) is 9.83. The maximum Gasteiger partial charge on any atom is 0.221 e. The topological polar surface area (TPSA) is 34.6 Å². The second-order valence-corrected chi connectivity index (χ2v) is 5.70. The average Bonchev–Trinajstić information content (AvgIpc) is 2.49. The molecule has 0 amide bonds. The summed E-state index contributed by atoms with van der Waals surface area (Å²) in [6.45, 7) is 5.17. The molecule has 0 saturated carbocycles. The molecule has 106 valence electrons. The van der Waals surface area contributed by atoms with Gasteiger partial charge >= 0.3 is 0 Å². The van der Waals surface area contributed by atoms with E-state index in [0.717, 1.165) is 48.1 Å². The highest BCUT2D eigenvalue weighted by Crippen LogP contribution is 2.26. The van der Waals surface area contributed by atoms with Crippen molar-refractivity contribution >= 4 is 26.7 Å². The van der Waals surface area contributed by atoms with Gasteiger partial charge in [-0.05, 0) is 23.6 Å². The van der Waals surface area contributed by atoms with Crippen molar-refractivity contribution in [3.63, 3.8) is 0 Å². The monoisotopic (exact) mass is 336 g/mol. The van der Waals surface area contributed by atoms with Gasteiger partial charge in [0.15, 0.2) is 0 Å². The number of hydrogen-bond donors (Lipinski definition) is 0. The first-order valence-electron chi connectivity index (χ1n) is 6.80. The molecule has 5 heteroatoms. The van der Waals surface area contributed by atoms with Gasteiger partial charge in [0.2, 0.25) is 5.88 Å². The number of pyridine rings is 1. The minimum atomic E-state index is 0.651. The summed E-state index contributed by atoms with van der Waals surface area (Å²) >= 11 is 3.49. The number of fused-ring (bicyclic) bond motifs is 1. The lowest BCUT2D eigenvalue weighted by Gasteiger charge is -2.26. The lowest BCUT2D eigenvalue weighted by atomic mass is 10.2. The fourth-order valence-corrected chi connectivity index (χ4v) is 2.69. The highest BCUT2D eigenvalue weighted by atomic mass is 79.9. The molecule has 0 aliphatic carbocycles. The zero-order valence-corrected chi connectivity index (χ0v) is 12.8. The van der Waals surface area contributed by atoms with E-state index >= 15 is 0 Å². The molecule has 3 rings (SSSR count). The molecule has 20 heavy (non-hydrogen) atoms. The molecule has 0 atom stereocenters. The predicted molar refractivity (Wildman–Crippen MR) is 82.2 cm³/mol. The first-order valence-corrected chi connectivity index (χ1v) is 7.59. The van der Waals surface area contributed by atoms with E-state index in [1.54, 1.807) is 6.20 Å². The third-order valence-corrected chi connectivity index (χ3v) is 3.93. The van der Waals surface area contributed by atoms with Crippen molar-refractivity contribution in [3.05, 3.63) is 34.9 Å². The van der Waals surface area contributed by atoms with Crippen molar-refractivity contribution in [2.24, 2.45) is 0 Å². The van der Waals surface area contributed by atoms with Gasteiger partial charge in [0.25, 0.3) is 0 Å². The predicted octanol–water partition coefficient (Wildman–Crippen LogP) is 2.71. The van der Waals surface area contributed by atoms with Gasteiger partial charge in [0.05, 0.1) is 13.2 Å². The van der Waals surface area contributed by atoms with Gasteiger partial charge in [-0.25, -0.2) is 4.98 Å². The minimum absolute atomic E-state index is 0.651. The average molecular weight is 337 g/mol. The van der Waals surface area contributed by atoms with E-state index in [1.807, 2.05) is 18.2 Å². The maximum absolute atomic E-state index is 5.86. The van der Waals surface area contributed by atoms with Gasteiger partial charge in [0.1, 0.15) is 6.61 Å². The second-order valence-electron chi connectivity index (χ2n) is 4.78. The molecule has 1 aromatic heterocycles. The second kappa shape index (κ2) is 6.52. The molecule has 1 aliphatic rings. The van der Waals surface area contributed by atoms with Crippen molar-refractivity contribution in [3.8, 4) is 5.88 Å². The number of aromatic nitrogens is 1. The normalized spacial score (nSPS) is 16.4. The van der Waals surface area contributed by atoms with Gasteiger partial charge in [-0.2, -0.15) is 0 Å². The van der Waals surface area contributed by atoms with Crippen molar-refractivity contribution < 1.29 is 9.47 Å². The zero-order chi connectivity index (χ0) is 13.8. The van der Waals surface area contributed by atoms with Gasteiger partial charge in [-0.3, -0.25) is 4.90 Å². The Bertz CT molecular complexity index is 585. The Labute approximate surface area is 126 Å². The molecular weight excluding hydrogens is 320 g/mol. The fourth-order valence-electron chi connectivity index (χ4n) is 2.33. The van der Waals surface area contributed by atoms with Gasteiger partial charge in [-0.1, -0.05) is 22.0 Å². The van der Waals surface area contributed by atoms with E-state index in [2.05, 4.69) is 31.9 Å². The highest BCUT2D eigenvalue weighted by Gasteiger charge is 2.10. The SMILES string of the molecule is Brc1ccc2ccnc(OCCN3CCOCC3)c2c1. The standard InChI is InChI=1S/C15H17BrN2O2/c16-13-2-1-12-3-4-17-15(14(12)11-13)20-10-7-18-5-8-19-9-6-18/h1-4,11H,5-10H2. The summed E-state index contributed by atoms with van der Waals surface area (Å²) in [6.07, 6.45) is 1.79. The summed E-state index contributed by atoms with van der Waals surface area (Å²) in [6, 6.07) is 8.14. The van der Waals surface area contributed by atoms with E-state index in [1.165, 1.54) is 0 Å². The van der Waals surface area contributed by atoms with E-state index in [0.29, 0.717) is 12.5 Å². The molecule has 0 bridgehead atoms. The van der Waals surface area contributed by atoms with Crippen LogP contribution in [-0.4, -0.2) is 49.3 Å². The zero-order valence-electron chi connectivity index (χ0n) is 11.2. The Hall–Kier alpha value is -1.17. The summed E-state index contributed by atoms with van der Waals surface area (Å²) in [5.74, 6) is 0.706. The number of benzene rings is 1. The number of morpholine rings is 1. The number of rotatable bonds is 4. The van der Waals surface area contributed by atoms with Gasteiger partial charge in [-0.15, -0.1) is 0 Å². The number of nitrogens with zero attached hydrogens (tertiary/aromatic N) is 2. The quantitative estimate of drug-likeness (QED) is 0.859. The molecule has 2 heterocycles. The van der Waals surface area contributed by atoms with Crippen molar-refractivity contribution in [2.75, 3.05) is 39.5 Å². The lowest BCUT2D eigenvalue weighted by molar-refractivity contribution is 0.0321. The first kappa shape index (κ1) is 13.8. The number of halogens is 1. The molecule has 0 radical (unpaired) electrons. The minimum Gasteiger partial charge on any atom is -0.476 e. The highest BCUT2D eigenvalue weighted by molar-refractivity contribution is 9.10. The molecule has 4 nitrogen and oxygen atoms in total. The Morgan fingerprint density at radius 1 is 1.25 bits per heavy atom. The van der Waals surface area contributed by atoms with Crippen LogP contribution in [0.2, 0.25) is 0 Å². The molecule has 1 fully saturated rings. The van der Waals surface area contributed by atoms with Gasteiger partial charge in [0, 0.05) is 35.7 Å². The summed E-state index contributed by atoms with van der Waals surface area (Å²) in [5.41, 5.74) is 0. The summed E-state index contributed by atoms with van der Waals surface area (Å²) < 4.78 is 12.2. The van der Waals surface area contributed by atoms with Crippen LogP contribution in [0.1, 0.15) is 0 Å². The Morgan fingerprint density at radius 3 is 2.95 bits per heavy atom. The molecule has 0 unspecified atom stereocenters. The third-order valence-electron chi connectivity index (χ3n) is 3.44. The number of ether oxygens (including phenoxy) is 2. The van der Waals surface area contributed by atoms with E-state index in [-0.39, 0.29) is 0 Å². The van der Waals surface area contributed by atoms with E-state index in [9.17, 15) is 0 Å².